The Morgan fingerprint density at radius 3 is 2.06 bits per heavy atom. The van der Waals surface area contributed by atoms with Crippen molar-refractivity contribution in [2.75, 3.05) is 7.11 Å². The monoisotopic (exact) mass is 696 g/mol. The maximum Gasteiger partial charge on any atom is 0.337 e. The zero-order valence-corrected chi connectivity index (χ0v) is 27.6. The van der Waals surface area contributed by atoms with Gasteiger partial charge in [0.25, 0.3) is 9.05 Å². The minimum atomic E-state index is -3.61. The number of benzene rings is 3. The van der Waals surface area contributed by atoms with Gasteiger partial charge in [0.15, 0.2) is 0 Å². The molecule has 14 heteroatoms. The lowest BCUT2D eigenvalue weighted by Crippen LogP contribution is -2.00. The van der Waals surface area contributed by atoms with Crippen LogP contribution in [0.4, 0.5) is 0 Å². The average molecular weight is 699 g/mol. The highest BCUT2D eigenvalue weighted by Gasteiger charge is 2.10. The molecule has 0 saturated carbocycles. The predicted molar refractivity (Wildman–Crippen MR) is 165 cm³/mol. The highest BCUT2D eigenvalue weighted by molar-refractivity contribution is 9.10. The van der Waals surface area contributed by atoms with Crippen LogP contribution in [-0.4, -0.2) is 21.5 Å². The first-order valence-corrected chi connectivity index (χ1v) is 21.1. The fourth-order valence-electron chi connectivity index (χ4n) is 2.25. The van der Waals surface area contributed by atoms with Crippen LogP contribution in [0.15, 0.2) is 76.1 Å². The normalized spacial score (nSPS) is 10.9. The zero-order chi connectivity index (χ0) is 25.9. The van der Waals surface area contributed by atoms with Gasteiger partial charge in [0.2, 0.25) is 0 Å². The van der Waals surface area contributed by atoms with Crippen molar-refractivity contribution in [3.8, 4) is 11.1 Å². The molecule has 3 rings (SSSR count). The number of carbonyl (C=O) groups is 1. The Morgan fingerprint density at radius 1 is 1.03 bits per heavy atom. The second-order valence-electron chi connectivity index (χ2n) is 6.12. The summed E-state index contributed by atoms with van der Waals surface area (Å²) in [5.74, 6) is -0.391. The highest BCUT2D eigenvalue weighted by Crippen LogP contribution is 2.71. The van der Waals surface area contributed by atoms with E-state index in [1.807, 2.05) is 30.3 Å². The van der Waals surface area contributed by atoms with Crippen LogP contribution in [0.1, 0.15) is 10.4 Å². The summed E-state index contributed by atoms with van der Waals surface area (Å²) in [7, 11) is 12.0. The van der Waals surface area contributed by atoms with E-state index in [0.29, 0.717) is 15.6 Å². The van der Waals surface area contributed by atoms with E-state index in [0.717, 1.165) is 23.6 Å². The second kappa shape index (κ2) is 16.4. The van der Waals surface area contributed by atoms with E-state index in [-0.39, 0.29) is 11.9 Å². The van der Waals surface area contributed by atoms with Gasteiger partial charge in [-0.3, -0.25) is 0 Å². The van der Waals surface area contributed by atoms with Crippen molar-refractivity contribution in [1.29, 1.82) is 0 Å². The number of hydrogen-bond donors (Lipinski definition) is 0. The molecule has 0 N–H and O–H groups in total. The predicted octanol–water partition coefficient (Wildman–Crippen LogP) is 9.26. The summed E-state index contributed by atoms with van der Waals surface area (Å²) in [4.78, 5) is 11.4. The van der Waals surface area contributed by atoms with Gasteiger partial charge in [-0.25, -0.2) is 13.2 Å². The third kappa shape index (κ3) is 12.2. The first kappa shape index (κ1) is 32.6. The molecule has 0 spiro atoms. The molecule has 0 fully saturated rings. The second-order valence-corrected chi connectivity index (χ2v) is 24.4. The highest BCUT2D eigenvalue weighted by atomic mass is 79.9. The van der Waals surface area contributed by atoms with E-state index in [2.05, 4.69) is 47.5 Å². The molecule has 0 saturated heterocycles. The van der Waals surface area contributed by atoms with E-state index < -0.39 is 15.0 Å². The van der Waals surface area contributed by atoms with E-state index in [1.54, 1.807) is 12.1 Å². The minimum absolute atomic E-state index is 0.0589. The van der Waals surface area contributed by atoms with Crippen LogP contribution in [0.2, 0.25) is 10.0 Å². The Labute approximate surface area is 232 Å². The van der Waals surface area contributed by atoms with Crippen molar-refractivity contribution in [1.82, 2.24) is 0 Å². The lowest BCUT2D eigenvalue weighted by Gasteiger charge is -2.07. The minimum Gasteiger partial charge on any atom is -0.465 e. The molecule has 0 aromatic heterocycles. The maximum atomic E-state index is 11.4. The number of ether oxygens (including phenoxy) is 1. The fraction of sp³-hybridized carbons (Fsp3) is 0.0500. The topological polar surface area (TPSA) is 60.4 Å². The summed E-state index contributed by atoms with van der Waals surface area (Å²) in [5.41, 5.74) is 2.32. The maximum absolute atomic E-state index is 11.4. The molecule has 184 valence electrons. The average Bonchev–Trinajstić information content (AvgIpc) is 2.79. The molecule has 0 aliphatic rings. The van der Waals surface area contributed by atoms with Gasteiger partial charge in [-0.05, 0) is 61.1 Å². The molecule has 4 unspecified atom stereocenters. The van der Waals surface area contributed by atoms with Crippen LogP contribution in [0.5, 0.6) is 0 Å². The summed E-state index contributed by atoms with van der Waals surface area (Å²) in [6.45, 7) is 0.226. The van der Waals surface area contributed by atoms with Crippen LogP contribution >= 0.6 is 91.5 Å². The van der Waals surface area contributed by atoms with Crippen LogP contribution in [0.3, 0.4) is 0 Å². The molecule has 0 heterocycles. The summed E-state index contributed by atoms with van der Waals surface area (Å²) in [5, 5.41) is 1.00. The molecule has 34 heavy (non-hydrogen) atoms. The first-order chi connectivity index (χ1) is 15.9. The van der Waals surface area contributed by atoms with Gasteiger partial charge < -0.3 is 4.74 Å². The Balaban J connectivity index is 0.000000307. The molecule has 0 aliphatic heterocycles. The Hall–Kier alpha value is 0.580. The van der Waals surface area contributed by atoms with Gasteiger partial charge in [0, 0.05) is 30.8 Å². The van der Waals surface area contributed by atoms with Gasteiger partial charge >= 0.3 is 5.97 Å². The number of esters is 1. The number of rotatable bonds is 4. The Kier molecular flexibility index (Phi) is 15.8. The van der Waals surface area contributed by atoms with Gasteiger partial charge in [0.1, 0.15) is 0 Å². The van der Waals surface area contributed by atoms with Crippen molar-refractivity contribution >= 4 is 107 Å². The van der Waals surface area contributed by atoms with Crippen molar-refractivity contribution < 1.29 is 17.9 Å². The van der Waals surface area contributed by atoms with Crippen molar-refractivity contribution in [2.24, 2.45) is 0 Å². The molecule has 0 aliphatic carbocycles. The van der Waals surface area contributed by atoms with Gasteiger partial charge in [-0.2, -0.15) is 0 Å². The zero-order valence-electron chi connectivity index (χ0n) is 17.6. The molecule has 0 bridgehead atoms. The standard InChI is InChI=1S/C14H10BrClO2.C6H4Cl2O2S.H7P5/c1-18-14(17)10-5-6-12(13(16)8-10)9-3-2-4-11(15)7-9;7-5-1-3-6(4-2-5)11(8,9)10;1-4-5(2)3/h2-8H,1H3;1-4H;4H,1-3H2. The summed E-state index contributed by atoms with van der Waals surface area (Å²) < 4.78 is 27.0. The summed E-state index contributed by atoms with van der Waals surface area (Å²) >= 11 is 15.1. The lowest BCUT2D eigenvalue weighted by atomic mass is 10.0. The molecular weight excluding hydrogens is 677 g/mol. The summed E-state index contributed by atoms with van der Waals surface area (Å²) in [6, 6.07) is 18.6. The van der Waals surface area contributed by atoms with Crippen molar-refractivity contribution in [2.45, 2.75) is 4.90 Å². The first-order valence-electron chi connectivity index (χ1n) is 8.98. The van der Waals surface area contributed by atoms with Crippen molar-refractivity contribution in [3.05, 3.63) is 86.8 Å². The van der Waals surface area contributed by atoms with E-state index >= 15 is 0 Å². The van der Waals surface area contributed by atoms with Crippen LogP contribution in [-0.2, 0) is 13.8 Å². The van der Waals surface area contributed by atoms with Crippen LogP contribution in [0, 0.1) is 0 Å². The quantitative estimate of drug-likeness (QED) is 0.155. The Morgan fingerprint density at radius 2 is 1.62 bits per heavy atom. The number of carbonyl (C=O) groups excluding carboxylic acids is 1. The summed E-state index contributed by atoms with van der Waals surface area (Å²) in [6.07, 6.45) is 0. The lowest BCUT2D eigenvalue weighted by molar-refractivity contribution is 0.0600. The van der Waals surface area contributed by atoms with Gasteiger partial charge in [-0.15, -0.1) is 26.8 Å². The van der Waals surface area contributed by atoms with E-state index in [1.165, 1.54) is 31.4 Å². The number of hydrogen-bond acceptors (Lipinski definition) is 4. The van der Waals surface area contributed by atoms with Gasteiger partial charge in [0.05, 0.1) is 17.6 Å². The molecule has 0 amide bonds. The third-order valence-corrected chi connectivity index (χ3v) is 18.1. The molecule has 0 radical (unpaired) electrons. The number of halogens is 4. The molecule has 4 atom stereocenters. The van der Waals surface area contributed by atoms with E-state index in [9.17, 15) is 13.2 Å². The molecule has 4 nitrogen and oxygen atoms in total. The largest absolute Gasteiger partial charge is 0.465 e. The molecule has 3 aromatic carbocycles. The van der Waals surface area contributed by atoms with Crippen molar-refractivity contribution in [3.63, 3.8) is 0 Å². The number of methoxy groups -OCH3 is 1. The Bertz CT molecular complexity index is 1200. The fourth-order valence-corrected chi connectivity index (χ4v) is 3.83. The SMILES string of the molecule is COC(=O)c1ccc(-c2cccc(Br)c2)c(Cl)c1.O=S(=O)(Cl)c1ccc(Cl)cc1.PPP(P)P. The van der Waals surface area contributed by atoms with Crippen LogP contribution in [0.25, 0.3) is 11.1 Å². The van der Waals surface area contributed by atoms with Gasteiger partial charge in [-0.1, -0.05) is 65.3 Å². The van der Waals surface area contributed by atoms with E-state index in [4.69, 9.17) is 33.9 Å². The molecular formula is C20H21BrCl3O4P5S. The smallest absolute Gasteiger partial charge is 0.337 e. The van der Waals surface area contributed by atoms with Crippen LogP contribution < -0.4 is 0 Å². The molecule has 3 aromatic rings. The third-order valence-electron chi connectivity index (χ3n) is 3.77.